The number of aromatic hydroxyl groups is 1. The van der Waals surface area contributed by atoms with E-state index < -0.39 is 47.9 Å². The number of nitrogens with one attached hydrogen (secondary N) is 3. The molecule has 0 aliphatic carbocycles. The molecule has 2 aromatic carbocycles. The van der Waals surface area contributed by atoms with Gasteiger partial charge in [0, 0.05) is 13.0 Å². The molecule has 0 bridgehead atoms. The predicted molar refractivity (Wildman–Crippen MR) is 149 cm³/mol. The molecule has 0 saturated heterocycles. The Bertz CT molecular complexity index is 1170. The molecule has 0 saturated carbocycles. The van der Waals surface area contributed by atoms with Gasteiger partial charge in [-0.15, -0.1) is 0 Å². The first-order valence-electron chi connectivity index (χ1n) is 12.7. The van der Waals surface area contributed by atoms with Crippen molar-refractivity contribution in [1.29, 1.82) is 0 Å². The Morgan fingerprint density at radius 1 is 0.825 bits per heavy atom. The maximum absolute atomic E-state index is 13.1. The number of phenolic OH excluding ortho intramolecular Hbond substituents is 1. The minimum absolute atomic E-state index is 0.0250. The third kappa shape index (κ3) is 11.0. The van der Waals surface area contributed by atoms with Gasteiger partial charge in [-0.2, -0.15) is 0 Å². The molecule has 13 nitrogen and oxygen atoms in total. The van der Waals surface area contributed by atoms with Crippen LogP contribution in [0.4, 0.5) is 0 Å². The molecular formula is C27H37N7O6. The van der Waals surface area contributed by atoms with E-state index in [4.69, 9.17) is 17.2 Å². The molecule has 4 atom stereocenters. The Balaban J connectivity index is 2.03. The lowest BCUT2D eigenvalue weighted by atomic mass is 10.0. The highest BCUT2D eigenvalue weighted by molar-refractivity contribution is 5.94. The first-order valence-corrected chi connectivity index (χ1v) is 12.7. The summed E-state index contributed by atoms with van der Waals surface area (Å²) >= 11 is 0. The summed E-state index contributed by atoms with van der Waals surface area (Å²) in [6.45, 7) is 1.61. The fraction of sp³-hybridized carbons (Fsp3) is 0.370. The number of hydrogen-bond donors (Lipinski definition) is 8. The topological polar surface area (TPSA) is 235 Å². The Hall–Kier alpha value is -4.65. The number of hydrogen-bond acceptors (Lipinski definition) is 7. The van der Waals surface area contributed by atoms with Crippen molar-refractivity contribution in [2.45, 2.75) is 56.8 Å². The molecule has 0 spiro atoms. The summed E-state index contributed by atoms with van der Waals surface area (Å²) in [5.74, 6) is -3.29. The number of nitrogens with zero attached hydrogens (tertiary/aromatic N) is 1. The summed E-state index contributed by atoms with van der Waals surface area (Å²) in [7, 11) is 0. The largest absolute Gasteiger partial charge is 0.508 e. The number of benzene rings is 2. The maximum Gasteiger partial charge on any atom is 0.326 e. The highest BCUT2D eigenvalue weighted by atomic mass is 16.4. The monoisotopic (exact) mass is 555 g/mol. The van der Waals surface area contributed by atoms with E-state index >= 15 is 0 Å². The van der Waals surface area contributed by atoms with Crippen LogP contribution in [0.3, 0.4) is 0 Å². The van der Waals surface area contributed by atoms with Crippen molar-refractivity contribution in [3.8, 4) is 5.75 Å². The summed E-state index contributed by atoms with van der Waals surface area (Å²) in [5.41, 5.74) is 18.2. The number of nitrogens with two attached hydrogens (primary N) is 3. The molecule has 0 fully saturated rings. The van der Waals surface area contributed by atoms with Crippen LogP contribution in [0.15, 0.2) is 59.6 Å². The van der Waals surface area contributed by atoms with Gasteiger partial charge < -0.3 is 43.4 Å². The van der Waals surface area contributed by atoms with E-state index in [0.29, 0.717) is 12.0 Å². The van der Waals surface area contributed by atoms with Crippen LogP contribution in [0.2, 0.25) is 0 Å². The zero-order chi connectivity index (χ0) is 29.7. The summed E-state index contributed by atoms with van der Waals surface area (Å²) in [6.07, 6.45) is 0.716. The Labute approximate surface area is 232 Å². The minimum atomic E-state index is -1.28. The van der Waals surface area contributed by atoms with Crippen molar-refractivity contribution in [3.05, 3.63) is 65.7 Å². The molecule has 0 heterocycles. The van der Waals surface area contributed by atoms with Crippen LogP contribution in [0.25, 0.3) is 0 Å². The van der Waals surface area contributed by atoms with Crippen LogP contribution in [0.1, 0.15) is 30.9 Å². The standard InChI is InChI=1S/C27H37N7O6/c1-16(23(36)34-22(26(39)40)15-18-9-11-19(35)12-10-18)32-25(38)21(8-5-13-31-27(29)30)33-24(37)20(28)14-17-6-3-2-4-7-17/h2-4,6-7,9-12,16,20-22,35H,5,8,13-15,28H2,1H3,(H,32,38)(H,33,37)(H,34,36)(H,39,40)(H4,29,30,31). The van der Waals surface area contributed by atoms with Crippen molar-refractivity contribution in [3.63, 3.8) is 0 Å². The van der Waals surface area contributed by atoms with Gasteiger partial charge in [-0.3, -0.25) is 19.4 Å². The third-order valence-electron chi connectivity index (χ3n) is 5.96. The zero-order valence-electron chi connectivity index (χ0n) is 22.2. The molecule has 216 valence electrons. The molecule has 2 aromatic rings. The fourth-order valence-electron chi connectivity index (χ4n) is 3.76. The van der Waals surface area contributed by atoms with E-state index in [1.54, 1.807) is 12.1 Å². The van der Waals surface area contributed by atoms with E-state index in [1.807, 2.05) is 30.3 Å². The number of guanidine groups is 1. The summed E-state index contributed by atoms with van der Waals surface area (Å²) in [6, 6.07) is 10.7. The highest BCUT2D eigenvalue weighted by Gasteiger charge is 2.28. The number of amides is 3. The van der Waals surface area contributed by atoms with E-state index in [0.717, 1.165) is 5.56 Å². The van der Waals surface area contributed by atoms with Gasteiger partial charge in [0.2, 0.25) is 17.7 Å². The molecule has 13 heteroatoms. The van der Waals surface area contributed by atoms with Crippen LogP contribution in [0.5, 0.6) is 5.75 Å². The molecular weight excluding hydrogens is 518 g/mol. The smallest absolute Gasteiger partial charge is 0.326 e. The fourth-order valence-corrected chi connectivity index (χ4v) is 3.76. The number of carboxylic acid groups (broad SMARTS) is 1. The average Bonchev–Trinajstić information content (AvgIpc) is 2.91. The molecule has 4 unspecified atom stereocenters. The second-order valence-electron chi connectivity index (χ2n) is 9.31. The van der Waals surface area contributed by atoms with Gasteiger partial charge in [-0.05, 0) is 49.4 Å². The SMILES string of the molecule is CC(NC(=O)C(CCCN=C(N)N)NC(=O)C(N)Cc1ccccc1)C(=O)NC(Cc1ccc(O)cc1)C(=O)O. The Morgan fingerprint density at radius 3 is 2.02 bits per heavy atom. The molecule has 3 amide bonds. The highest BCUT2D eigenvalue weighted by Crippen LogP contribution is 2.12. The number of phenols is 1. The quantitative estimate of drug-likeness (QED) is 0.0772. The molecule has 11 N–H and O–H groups in total. The van der Waals surface area contributed by atoms with E-state index in [1.165, 1.54) is 19.1 Å². The average molecular weight is 556 g/mol. The zero-order valence-corrected chi connectivity index (χ0v) is 22.2. The lowest BCUT2D eigenvalue weighted by molar-refractivity contribution is -0.142. The third-order valence-corrected chi connectivity index (χ3v) is 5.96. The summed E-state index contributed by atoms with van der Waals surface area (Å²) < 4.78 is 0. The number of carboxylic acids is 1. The van der Waals surface area contributed by atoms with E-state index in [-0.39, 0.29) is 37.5 Å². The Kier molecular flexibility index (Phi) is 12.4. The van der Waals surface area contributed by atoms with Gasteiger partial charge in [0.1, 0.15) is 23.9 Å². The van der Waals surface area contributed by atoms with Gasteiger partial charge in [0.15, 0.2) is 5.96 Å². The van der Waals surface area contributed by atoms with Crippen molar-refractivity contribution in [2.75, 3.05) is 6.54 Å². The van der Waals surface area contributed by atoms with Crippen LogP contribution < -0.4 is 33.2 Å². The first kappa shape index (κ1) is 31.6. The van der Waals surface area contributed by atoms with E-state index in [2.05, 4.69) is 20.9 Å². The minimum Gasteiger partial charge on any atom is -0.508 e. The van der Waals surface area contributed by atoms with Crippen LogP contribution in [0, 0.1) is 0 Å². The number of aliphatic imine (C=N–C) groups is 1. The van der Waals surface area contributed by atoms with Crippen molar-refractivity contribution in [2.24, 2.45) is 22.2 Å². The molecule has 40 heavy (non-hydrogen) atoms. The lowest BCUT2D eigenvalue weighted by Crippen LogP contribution is -2.56. The van der Waals surface area contributed by atoms with Gasteiger partial charge in [0.05, 0.1) is 6.04 Å². The number of rotatable bonds is 15. The molecule has 0 aliphatic heterocycles. The lowest BCUT2D eigenvalue weighted by Gasteiger charge is -2.23. The molecule has 0 radical (unpaired) electrons. The summed E-state index contributed by atoms with van der Waals surface area (Å²) in [4.78, 5) is 54.2. The van der Waals surface area contributed by atoms with Gasteiger partial charge >= 0.3 is 5.97 Å². The molecule has 2 rings (SSSR count). The van der Waals surface area contributed by atoms with Crippen molar-refractivity contribution >= 4 is 29.7 Å². The van der Waals surface area contributed by atoms with Crippen molar-refractivity contribution in [1.82, 2.24) is 16.0 Å². The van der Waals surface area contributed by atoms with Gasteiger partial charge in [0.25, 0.3) is 0 Å². The number of aliphatic carboxylic acids is 1. The summed E-state index contributed by atoms with van der Waals surface area (Å²) in [5, 5.41) is 26.5. The Morgan fingerprint density at radius 2 is 1.43 bits per heavy atom. The van der Waals surface area contributed by atoms with Gasteiger partial charge in [-0.25, -0.2) is 4.79 Å². The normalized spacial score (nSPS) is 13.7. The van der Waals surface area contributed by atoms with Crippen LogP contribution in [-0.4, -0.2) is 70.6 Å². The first-order chi connectivity index (χ1) is 19.0. The number of carbonyl (C=O) groups excluding carboxylic acids is 3. The van der Waals surface area contributed by atoms with Crippen LogP contribution >= 0.6 is 0 Å². The number of carbonyl (C=O) groups is 4. The molecule has 0 aliphatic rings. The van der Waals surface area contributed by atoms with Crippen molar-refractivity contribution < 1.29 is 29.4 Å². The predicted octanol–water partition coefficient (Wildman–Crippen LogP) is -0.883. The van der Waals surface area contributed by atoms with E-state index in [9.17, 15) is 29.4 Å². The second kappa shape index (κ2) is 15.7. The van der Waals surface area contributed by atoms with Crippen LogP contribution in [-0.2, 0) is 32.0 Å². The maximum atomic E-state index is 13.1. The van der Waals surface area contributed by atoms with Gasteiger partial charge in [-0.1, -0.05) is 42.5 Å². The molecule has 0 aromatic heterocycles. The second-order valence-corrected chi connectivity index (χ2v) is 9.31.